The minimum absolute atomic E-state index is 0.0565. The second-order valence-electron chi connectivity index (χ2n) is 4.79. The molecule has 21 heavy (non-hydrogen) atoms. The highest BCUT2D eigenvalue weighted by molar-refractivity contribution is 6.30. The van der Waals surface area contributed by atoms with Crippen molar-refractivity contribution in [3.8, 4) is 11.5 Å². The van der Waals surface area contributed by atoms with Crippen molar-refractivity contribution in [1.29, 1.82) is 0 Å². The third-order valence-corrected chi connectivity index (χ3v) is 3.27. The number of hydrogen-bond acceptors (Lipinski definition) is 4. The zero-order chi connectivity index (χ0) is 15.8. The maximum Gasteiger partial charge on any atom is 0.258 e. The summed E-state index contributed by atoms with van der Waals surface area (Å²) in [5.74, 6) is 0.899. The van der Waals surface area contributed by atoms with Crippen LogP contribution in [0.15, 0.2) is 12.1 Å². The van der Waals surface area contributed by atoms with Crippen LogP contribution in [0, 0.1) is 0 Å². The fourth-order valence-corrected chi connectivity index (χ4v) is 2.05. The van der Waals surface area contributed by atoms with Gasteiger partial charge in [-0.3, -0.25) is 4.79 Å². The molecular formula is C15H23ClN2O3. The van der Waals surface area contributed by atoms with Gasteiger partial charge in [-0.1, -0.05) is 18.5 Å². The molecule has 0 fully saturated rings. The van der Waals surface area contributed by atoms with Gasteiger partial charge in [0.1, 0.15) is 0 Å². The second kappa shape index (κ2) is 8.74. The van der Waals surface area contributed by atoms with Gasteiger partial charge in [0.25, 0.3) is 5.91 Å². The lowest BCUT2D eigenvalue weighted by Crippen LogP contribution is -2.35. The molecule has 0 heterocycles. The molecule has 118 valence electrons. The third-order valence-electron chi connectivity index (χ3n) is 3.05. The van der Waals surface area contributed by atoms with Crippen molar-refractivity contribution in [3.05, 3.63) is 22.7 Å². The summed E-state index contributed by atoms with van der Waals surface area (Å²) in [4.78, 5) is 11.8. The zero-order valence-corrected chi connectivity index (χ0v) is 13.7. The third kappa shape index (κ3) is 5.44. The van der Waals surface area contributed by atoms with Gasteiger partial charge in [-0.2, -0.15) is 0 Å². The van der Waals surface area contributed by atoms with Crippen molar-refractivity contribution in [1.82, 2.24) is 10.6 Å². The summed E-state index contributed by atoms with van der Waals surface area (Å²) in [6.45, 7) is 4.48. The monoisotopic (exact) mass is 314 g/mol. The number of carbonyl (C=O) groups excluding carboxylic acids is 1. The van der Waals surface area contributed by atoms with Gasteiger partial charge in [0.2, 0.25) is 0 Å². The lowest BCUT2D eigenvalue weighted by molar-refractivity contribution is -0.123. The first-order valence-electron chi connectivity index (χ1n) is 6.95. The first kappa shape index (κ1) is 17.6. The van der Waals surface area contributed by atoms with E-state index in [0.29, 0.717) is 23.1 Å². The molecule has 2 N–H and O–H groups in total. The predicted octanol–water partition coefficient (Wildman–Crippen LogP) is 2.36. The Hall–Kier alpha value is -1.46. The van der Waals surface area contributed by atoms with Crippen LogP contribution in [0.3, 0.4) is 0 Å². The Morgan fingerprint density at radius 1 is 1.43 bits per heavy atom. The van der Waals surface area contributed by atoms with E-state index in [4.69, 9.17) is 21.1 Å². The van der Waals surface area contributed by atoms with E-state index in [0.717, 1.165) is 12.0 Å². The number of benzene rings is 1. The van der Waals surface area contributed by atoms with Gasteiger partial charge in [-0.15, -0.1) is 0 Å². The zero-order valence-electron chi connectivity index (χ0n) is 13.0. The van der Waals surface area contributed by atoms with Crippen molar-refractivity contribution in [2.45, 2.75) is 32.9 Å². The minimum atomic E-state index is -0.156. The molecule has 1 amide bonds. The van der Waals surface area contributed by atoms with Crippen molar-refractivity contribution in [2.24, 2.45) is 0 Å². The highest BCUT2D eigenvalue weighted by Gasteiger charge is 2.14. The first-order chi connectivity index (χ1) is 10.0. The molecule has 0 saturated heterocycles. The molecule has 0 radical (unpaired) electrons. The van der Waals surface area contributed by atoms with Crippen LogP contribution in [-0.2, 0) is 11.3 Å². The minimum Gasteiger partial charge on any atom is -0.493 e. The summed E-state index contributed by atoms with van der Waals surface area (Å²) in [5.41, 5.74) is 0.846. The fourth-order valence-electron chi connectivity index (χ4n) is 1.82. The highest BCUT2D eigenvalue weighted by atomic mass is 35.5. The smallest absolute Gasteiger partial charge is 0.258 e. The molecule has 1 rings (SSSR count). The van der Waals surface area contributed by atoms with E-state index in [-0.39, 0.29) is 18.6 Å². The molecule has 1 atom stereocenters. The number of ether oxygens (including phenoxy) is 2. The van der Waals surface area contributed by atoms with E-state index < -0.39 is 0 Å². The van der Waals surface area contributed by atoms with Gasteiger partial charge >= 0.3 is 0 Å². The highest BCUT2D eigenvalue weighted by Crippen LogP contribution is 2.34. The number of rotatable bonds is 8. The van der Waals surface area contributed by atoms with Crippen molar-refractivity contribution in [3.63, 3.8) is 0 Å². The van der Waals surface area contributed by atoms with Crippen molar-refractivity contribution >= 4 is 17.5 Å². The van der Waals surface area contributed by atoms with E-state index in [2.05, 4.69) is 10.6 Å². The van der Waals surface area contributed by atoms with Crippen LogP contribution in [0.5, 0.6) is 11.5 Å². The number of carbonyl (C=O) groups is 1. The summed E-state index contributed by atoms with van der Waals surface area (Å²) < 4.78 is 10.9. The van der Waals surface area contributed by atoms with Crippen LogP contribution in [0.2, 0.25) is 5.02 Å². The lowest BCUT2D eigenvalue weighted by atomic mass is 10.2. The van der Waals surface area contributed by atoms with Crippen LogP contribution in [0.1, 0.15) is 25.8 Å². The first-order valence-corrected chi connectivity index (χ1v) is 7.32. The van der Waals surface area contributed by atoms with Gasteiger partial charge < -0.3 is 20.1 Å². The quantitative estimate of drug-likeness (QED) is 0.773. The molecule has 1 aromatic rings. The maximum atomic E-state index is 11.8. The molecule has 6 heteroatoms. The molecule has 0 saturated carbocycles. The average molecular weight is 315 g/mol. The van der Waals surface area contributed by atoms with Crippen LogP contribution >= 0.6 is 11.6 Å². The number of nitrogens with one attached hydrogen (secondary N) is 2. The number of amides is 1. The Kier molecular flexibility index (Phi) is 7.32. The van der Waals surface area contributed by atoms with Crippen LogP contribution in [-0.4, -0.2) is 32.7 Å². The van der Waals surface area contributed by atoms with Crippen molar-refractivity contribution < 1.29 is 14.3 Å². The Morgan fingerprint density at radius 3 is 2.71 bits per heavy atom. The van der Waals surface area contributed by atoms with E-state index >= 15 is 0 Å². The number of methoxy groups -OCH3 is 1. The Morgan fingerprint density at radius 2 is 2.14 bits per heavy atom. The van der Waals surface area contributed by atoms with Gasteiger partial charge in [0.05, 0.1) is 7.11 Å². The Balaban J connectivity index is 2.83. The molecule has 0 aliphatic carbocycles. The summed E-state index contributed by atoms with van der Waals surface area (Å²) >= 11 is 6.04. The summed E-state index contributed by atoms with van der Waals surface area (Å²) in [7, 11) is 3.37. The van der Waals surface area contributed by atoms with Gasteiger partial charge in [-0.25, -0.2) is 0 Å². The maximum absolute atomic E-state index is 11.8. The normalized spacial score (nSPS) is 11.9. The van der Waals surface area contributed by atoms with E-state index in [9.17, 15) is 4.79 Å². The molecule has 0 aromatic heterocycles. The molecule has 5 nitrogen and oxygen atoms in total. The molecular weight excluding hydrogens is 292 g/mol. The number of halogens is 1. The number of hydrogen-bond donors (Lipinski definition) is 2. The van der Waals surface area contributed by atoms with Crippen LogP contribution < -0.4 is 20.1 Å². The molecule has 0 spiro atoms. The molecule has 0 aliphatic heterocycles. The van der Waals surface area contributed by atoms with E-state index in [1.807, 2.05) is 20.9 Å². The fraction of sp³-hybridized carbons (Fsp3) is 0.533. The second-order valence-corrected chi connectivity index (χ2v) is 5.23. The summed E-state index contributed by atoms with van der Waals surface area (Å²) in [6, 6.07) is 3.59. The molecule has 0 bridgehead atoms. The van der Waals surface area contributed by atoms with E-state index in [1.54, 1.807) is 19.2 Å². The van der Waals surface area contributed by atoms with Crippen LogP contribution in [0.4, 0.5) is 0 Å². The standard InChI is InChI=1S/C15H23ClN2O3/c1-5-10(2)18-14(19)9-21-15-11(8-17-3)6-12(16)7-13(15)20-4/h6-7,10,17H,5,8-9H2,1-4H3,(H,18,19). The Bertz CT molecular complexity index is 480. The van der Waals surface area contributed by atoms with Gasteiger partial charge in [-0.05, 0) is 26.5 Å². The summed E-state index contributed by atoms with van der Waals surface area (Å²) in [6.07, 6.45) is 0.876. The molecule has 0 aliphatic rings. The largest absolute Gasteiger partial charge is 0.493 e. The van der Waals surface area contributed by atoms with Gasteiger partial charge in [0.15, 0.2) is 18.1 Å². The van der Waals surface area contributed by atoms with E-state index in [1.165, 1.54) is 0 Å². The lowest BCUT2D eigenvalue weighted by Gasteiger charge is -2.16. The summed E-state index contributed by atoms with van der Waals surface area (Å²) in [5, 5.41) is 6.45. The predicted molar refractivity (Wildman–Crippen MR) is 84.2 cm³/mol. The van der Waals surface area contributed by atoms with Crippen LogP contribution in [0.25, 0.3) is 0 Å². The molecule has 1 aromatic carbocycles. The molecule has 1 unspecified atom stereocenters. The van der Waals surface area contributed by atoms with Gasteiger partial charge in [0, 0.05) is 29.2 Å². The average Bonchev–Trinajstić information content (AvgIpc) is 2.45. The Labute approximate surface area is 131 Å². The SMILES string of the molecule is CCC(C)NC(=O)COc1c(CNC)cc(Cl)cc1OC. The van der Waals surface area contributed by atoms with Crippen molar-refractivity contribution in [2.75, 3.05) is 20.8 Å². The topological polar surface area (TPSA) is 59.6 Å².